The third-order valence-electron chi connectivity index (χ3n) is 16.7. The Hall–Kier alpha value is -10.3. The van der Waals surface area contributed by atoms with Crippen LogP contribution in [0.2, 0.25) is 65.3 Å². The van der Waals surface area contributed by atoms with Crippen LogP contribution in [0.3, 0.4) is 0 Å². The van der Waals surface area contributed by atoms with Crippen molar-refractivity contribution in [1.82, 2.24) is 53.1 Å². The molecule has 0 bridgehead atoms. The minimum Gasteiger partial charge on any atom is -0.478 e. The molecule has 0 radical (unpaired) electrons. The number of azide groups is 1. The number of aliphatic hydroxyl groups excluding tert-OH is 1. The molecular weight excluding hydrogens is 1880 g/mol. The summed E-state index contributed by atoms with van der Waals surface area (Å²) in [6.07, 6.45) is 25.5. The number of aliphatic imine (C=N–C) groups is 2. The highest BCUT2D eigenvalue weighted by Gasteiger charge is 2.21. The van der Waals surface area contributed by atoms with Crippen LogP contribution in [0, 0.1) is 11.3 Å². The molecule has 5 atom stereocenters. The van der Waals surface area contributed by atoms with Crippen LogP contribution in [0.5, 0.6) is 0 Å². The molecule has 0 saturated heterocycles. The molecule has 9 N–H and O–H groups in total. The highest BCUT2D eigenvalue weighted by Crippen LogP contribution is 2.34. The normalized spacial score (nSPS) is 11.7. The number of thiocarbonyl (C=S) groups is 2. The van der Waals surface area contributed by atoms with Crippen LogP contribution >= 0.6 is 175 Å². The van der Waals surface area contributed by atoms with Crippen molar-refractivity contribution in [2.24, 2.45) is 26.6 Å². The smallest absolute Gasteiger partial charge is 0.335 e. The van der Waals surface area contributed by atoms with E-state index in [1.54, 1.807) is 213 Å². The first-order valence-corrected chi connectivity index (χ1v) is 41.6. The number of nitrogens with zero attached hydrogens (tertiary/aromatic N) is 16. The number of guanidine groups is 1. The topological polar surface area (TPSA) is 332 Å². The van der Waals surface area contributed by atoms with E-state index < -0.39 is 18.1 Å². The first-order chi connectivity index (χ1) is 59.1. The number of hydrogen-bond donors (Lipinski definition) is 7. The highest BCUT2D eigenvalue weighted by atomic mass is 35.5. The van der Waals surface area contributed by atoms with E-state index in [0.29, 0.717) is 114 Å². The quantitative estimate of drug-likeness (QED) is 0.00828. The molecule has 14 rings (SSSR count). The van der Waals surface area contributed by atoms with Crippen LogP contribution < -0.4 is 27.4 Å². The molecule has 0 fully saturated rings. The number of aliphatic hydroxyl groups is 1. The minimum atomic E-state index is -1.01. The Balaban J connectivity index is 0.000000182. The van der Waals surface area contributed by atoms with Gasteiger partial charge in [0.15, 0.2) is 11.1 Å². The van der Waals surface area contributed by atoms with Gasteiger partial charge in [-0.15, -0.1) is 0 Å². The molecule has 0 amide bonds. The number of rotatable bonds is 22. The number of halogens is 13. The zero-order chi connectivity index (χ0) is 88.7. The predicted molar refractivity (Wildman–Crippen MR) is 504 cm³/mol. The van der Waals surface area contributed by atoms with Gasteiger partial charge in [0.25, 0.3) is 0 Å². The van der Waals surface area contributed by atoms with Crippen LogP contribution in [0.4, 0.5) is 17.1 Å². The summed E-state index contributed by atoms with van der Waals surface area (Å²) in [7, 11) is 0. The number of nitriles is 1. The molecule has 14 aromatic rings. The number of carbonyl (C=O) groups is 1. The summed E-state index contributed by atoms with van der Waals surface area (Å²) < 4.78 is 9.39. The summed E-state index contributed by atoms with van der Waals surface area (Å²) in [5.74, 6) is -0.745. The van der Waals surface area contributed by atoms with Crippen LogP contribution in [-0.4, -0.2) is 80.2 Å². The molecule has 632 valence electrons. The number of isothiocyanates is 1. The molecule has 123 heavy (non-hydrogen) atoms. The summed E-state index contributed by atoms with van der Waals surface area (Å²) in [5.41, 5.74) is 27.7. The van der Waals surface area contributed by atoms with Gasteiger partial charge in [0.1, 0.15) is 0 Å². The Morgan fingerprint density at radius 1 is 0.480 bits per heavy atom. The number of benzene rings is 9. The number of aromatic carboxylic acids is 1. The number of carboxylic acid groups (broad SMARTS) is 1. The standard InChI is InChI=1S/C18H16Cl3N5.C18H15Cl3N4S.C11H9Cl2N5.C11H11Cl2N3.C11H10Cl2N2O.C8H5NO2.C7H4ClNS/c19-12-1-4-14(5-2-12)24-18(22)25-17(10-26-8-7-23-11-26)15-6-3-13(20)9-16(15)21;19-12-1-4-14(5-2-12)23-18(26)24-17(10-25-8-7-22-11-25)15-6-3-13(20)9-16(15)21;12-8-1-2-9(10(13)5-8)11(16-17-14)6-18-4-3-15-7-18;12-8-1-2-9(10(13)5-8)11(14)6-16-4-3-15-7-16;12-8-1-2-9(10(13)5-8)11(16)6-15-4-3-14-7-15;9-5-6-2-1-3-7(4-6)8(10)11;8-6-1-3-7(4-2-6)9-5-10/h1-9,11,17H,10H2,(H3,22,24,25);1-9,11,17H,10H2,(H2,23,24,26);1-5,7,11H,6H2;1-5,7,11H,6,14H2;1-5,7,11,16H,6H2;1-4H,(H,10,11);1-4H. The van der Waals surface area contributed by atoms with Gasteiger partial charge in [-0.1, -0.05) is 192 Å². The Labute approximate surface area is 783 Å². The zero-order valence-electron chi connectivity index (χ0n) is 63.8. The monoisotopic (exact) mass is 1940 g/mol. The van der Waals surface area contributed by atoms with Gasteiger partial charge in [-0.2, -0.15) is 10.3 Å². The summed E-state index contributed by atoms with van der Waals surface area (Å²) >= 11 is 87.7. The number of nitrogens with one attached hydrogen (secondary N) is 3. The van der Waals surface area contributed by atoms with Crippen molar-refractivity contribution in [3.8, 4) is 6.07 Å². The second-order valence-electron chi connectivity index (χ2n) is 25.5. The van der Waals surface area contributed by atoms with Crippen molar-refractivity contribution < 1.29 is 15.0 Å². The van der Waals surface area contributed by atoms with Crippen molar-refractivity contribution in [2.75, 3.05) is 10.6 Å². The summed E-state index contributed by atoms with van der Waals surface area (Å²) in [5, 5.41) is 50.4. The number of imidazole rings is 5. The molecule has 0 aliphatic rings. The van der Waals surface area contributed by atoms with Crippen LogP contribution in [0.1, 0.15) is 74.0 Å². The van der Waals surface area contributed by atoms with Gasteiger partial charge in [0.2, 0.25) is 0 Å². The molecule has 0 saturated carbocycles. The van der Waals surface area contributed by atoms with Gasteiger partial charge in [-0.3, -0.25) is 0 Å². The SMILES string of the molecule is N#Cc1cccc(C(=O)O)c1.NC(=NC(Cn1ccnc1)c1ccc(Cl)cc1Cl)Nc1ccc(Cl)cc1.NC(Cn1ccnc1)c1ccc(Cl)cc1Cl.OC(Cn1ccnc1)c1ccc(Cl)cc1Cl.S=C(Nc1ccc(Cl)cc1)NC(Cn1ccnc1)c1ccc(Cl)cc1Cl.S=C=Nc1ccc(Cl)cc1.[N-]=[N+]=NC(Cn1ccnc1)c1ccc(Cl)cc1Cl. The van der Waals surface area contributed by atoms with Crippen molar-refractivity contribution in [1.29, 1.82) is 5.26 Å². The number of aromatic nitrogens is 10. The van der Waals surface area contributed by atoms with Crippen molar-refractivity contribution in [3.63, 3.8) is 0 Å². The van der Waals surface area contributed by atoms with E-state index in [2.05, 4.69) is 78.3 Å². The largest absolute Gasteiger partial charge is 0.478 e. The fourth-order valence-corrected chi connectivity index (χ4v) is 14.3. The first kappa shape index (κ1) is 98.2. The molecule has 5 unspecified atom stereocenters. The van der Waals surface area contributed by atoms with Gasteiger partial charge < -0.3 is 60.5 Å². The molecule has 0 aliphatic heterocycles. The van der Waals surface area contributed by atoms with Crippen LogP contribution in [-0.2, 0) is 32.7 Å². The van der Waals surface area contributed by atoms with Gasteiger partial charge in [0, 0.05) is 175 Å². The summed E-state index contributed by atoms with van der Waals surface area (Å²) in [4.78, 5) is 41.5. The van der Waals surface area contributed by atoms with Crippen molar-refractivity contribution in [3.05, 3.63) is 396 Å². The van der Waals surface area contributed by atoms with E-state index in [-0.39, 0.29) is 29.6 Å². The number of carboxylic acids is 1. The Bertz CT molecular complexity index is 5740. The average Bonchev–Trinajstić information content (AvgIpc) is 1.80. The van der Waals surface area contributed by atoms with E-state index in [9.17, 15) is 9.90 Å². The lowest BCUT2D eigenvalue weighted by molar-refractivity contribution is 0.0696. The maximum Gasteiger partial charge on any atom is 0.335 e. The molecule has 0 aliphatic carbocycles. The molecule has 5 aromatic heterocycles. The zero-order valence-corrected chi connectivity index (χ0v) is 75.3. The highest BCUT2D eigenvalue weighted by molar-refractivity contribution is 7.80. The maximum atomic E-state index is 10.4. The fraction of sp³-hybridized carbons (Fsp3) is 0.119. The van der Waals surface area contributed by atoms with Gasteiger partial charge in [-0.05, 0) is 204 Å². The number of nitrogens with two attached hydrogens (primary N) is 2. The van der Waals surface area contributed by atoms with E-state index in [1.807, 2.05) is 85.4 Å². The lowest BCUT2D eigenvalue weighted by atomic mass is 10.1. The molecule has 9 aromatic carbocycles. The average molecular weight is 1950 g/mol. The van der Waals surface area contributed by atoms with Crippen LogP contribution in [0.25, 0.3) is 10.4 Å². The first-order valence-electron chi connectivity index (χ1n) is 35.9. The van der Waals surface area contributed by atoms with Crippen molar-refractivity contribution in [2.45, 2.75) is 63.0 Å². The summed E-state index contributed by atoms with van der Waals surface area (Å²) in [6.45, 7) is 2.67. The van der Waals surface area contributed by atoms with Gasteiger partial charge in [-0.25, -0.2) is 34.7 Å². The molecule has 24 nitrogen and oxygen atoms in total. The minimum absolute atomic E-state index is 0.143. The lowest BCUT2D eigenvalue weighted by Crippen LogP contribution is -2.34. The lowest BCUT2D eigenvalue weighted by Gasteiger charge is -2.23. The Kier molecular flexibility index (Phi) is 41.3. The van der Waals surface area contributed by atoms with Crippen LogP contribution in [0.15, 0.2) is 297 Å². The van der Waals surface area contributed by atoms with E-state index >= 15 is 0 Å². The summed E-state index contributed by atoms with van der Waals surface area (Å²) in [6, 6.07) is 54.5. The van der Waals surface area contributed by atoms with Crippen molar-refractivity contribution >= 4 is 215 Å². The third-order valence-corrected chi connectivity index (χ3v) is 20.5. The number of anilines is 2. The second-order valence-corrected chi connectivity index (χ2v) is 31.6. The fourth-order valence-electron chi connectivity index (χ4n) is 10.8. The Morgan fingerprint density at radius 3 is 1.26 bits per heavy atom. The maximum absolute atomic E-state index is 10.4. The second kappa shape index (κ2) is 51.7. The predicted octanol–water partition coefficient (Wildman–Crippen LogP) is 25.0. The molecule has 5 heterocycles. The van der Waals surface area contributed by atoms with Gasteiger partial charge >= 0.3 is 5.97 Å². The third kappa shape index (κ3) is 34.4. The number of hydrogen-bond acceptors (Lipinski definition) is 14. The molecule has 0 spiro atoms. The van der Waals surface area contributed by atoms with E-state index in [4.69, 9.17) is 190 Å². The molecule has 39 heteroatoms. The Morgan fingerprint density at radius 2 is 0.854 bits per heavy atom. The van der Waals surface area contributed by atoms with E-state index in [0.717, 1.165) is 39.3 Å². The van der Waals surface area contributed by atoms with Gasteiger partial charge in [0.05, 0.1) is 97.0 Å². The van der Waals surface area contributed by atoms with E-state index in [1.165, 1.54) is 12.1 Å². The molecular formula is C84H70Cl13N21O3S2.